The standard InChI is InChI=1S/C15H20N4/c16-6-12-13(7-19(18)15(12)17)14-10-2-8-1-9(4-10)5-11(14)3-8/h7-11,14H,1-5,17-18H2. The Morgan fingerprint density at radius 1 is 1.11 bits per heavy atom. The predicted molar refractivity (Wildman–Crippen MR) is 73.5 cm³/mol. The number of nitrogens with zero attached hydrogens (tertiary/aromatic N) is 2. The highest BCUT2D eigenvalue weighted by atomic mass is 15.3. The lowest BCUT2D eigenvalue weighted by Crippen LogP contribution is -2.43. The third-order valence-electron chi connectivity index (χ3n) is 5.80. The highest BCUT2D eigenvalue weighted by Gasteiger charge is 2.49. The molecule has 4 bridgehead atoms. The van der Waals surface area contributed by atoms with E-state index in [1.54, 1.807) is 0 Å². The van der Waals surface area contributed by atoms with Crippen molar-refractivity contribution in [2.75, 3.05) is 11.6 Å². The van der Waals surface area contributed by atoms with Gasteiger partial charge in [-0.25, -0.2) is 0 Å². The van der Waals surface area contributed by atoms with E-state index in [-0.39, 0.29) is 0 Å². The zero-order valence-corrected chi connectivity index (χ0v) is 11.0. The molecule has 0 unspecified atom stereocenters. The highest BCUT2D eigenvalue weighted by Crippen LogP contribution is 2.60. The van der Waals surface area contributed by atoms with Crippen molar-refractivity contribution >= 4 is 5.82 Å². The van der Waals surface area contributed by atoms with Crippen molar-refractivity contribution in [2.24, 2.45) is 23.7 Å². The number of nitrogen functional groups attached to an aromatic ring is 2. The Kier molecular flexibility index (Phi) is 2.18. The highest BCUT2D eigenvalue weighted by molar-refractivity contribution is 5.57. The van der Waals surface area contributed by atoms with Crippen LogP contribution in [0, 0.1) is 35.0 Å². The molecule has 5 rings (SSSR count). The number of nitriles is 1. The van der Waals surface area contributed by atoms with Gasteiger partial charge in [0.05, 0.1) is 5.56 Å². The zero-order chi connectivity index (χ0) is 13.1. The van der Waals surface area contributed by atoms with E-state index in [0.29, 0.717) is 17.3 Å². The molecule has 0 spiro atoms. The third kappa shape index (κ3) is 1.44. The van der Waals surface area contributed by atoms with Crippen LogP contribution in [0.3, 0.4) is 0 Å². The average molecular weight is 256 g/mol. The minimum absolute atomic E-state index is 0.423. The normalized spacial score (nSPS) is 39.4. The van der Waals surface area contributed by atoms with Gasteiger partial charge >= 0.3 is 0 Å². The molecule has 4 saturated carbocycles. The number of hydrogen-bond donors (Lipinski definition) is 2. The first kappa shape index (κ1) is 11.2. The number of nitrogens with two attached hydrogens (primary N) is 2. The molecule has 4 fully saturated rings. The smallest absolute Gasteiger partial charge is 0.140 e. The third-order valence-corrected chi connectivity index (χ3v) is 5.80. The molecule has 1 aromatic heterocycles. The number of anilines is 1. The van der Waals surface area contributed by atoms with E-state index in [1.165, 1.54) is 36.8 Å². The van der Waals surface area contributed by atoms with Crippen LogP contribution in [-0.4, -0.2) is 4.68 Å². The van der Waals surface area contributed by atoms with Crippen molar-refractivity contribution in [1.82, 2.24) is 4.68 Å². The molecule has 0 aliphatic heterocycles. The van der Waals surface area contributed by atoms with Crippen molar-refractivity contribution in [2.45, 2.75) is 38.0 Å². The zero-order valence-electron chi connectivity index (χ0n) is 11.0. The summed E-state index contributed by atoms with van der Waals surface area (Å²) in [4.78, 5) is 0. The van der Waals surface area contributed by atoms with E-state index in [2.05, 4.69) is 6.07 Å². The van der Waals surface area contributed by atoms with Gasteiger partial charge in [-0.15, -0.1) is 0 Å². The molecular formula is C15H20N4. The predicted octanol–water partition coefficient (Wildman–Crippen LogP) is 2.20. The van der Waals surface area contributed by atoms with Crippen molar-refractivity contribution in [3.63, 3.8) is 0 Å². The van der Waals surface area contributed by atoms with Gasteiger partial charge in [0.15, 0.2) is 0 Å². The molecule has 0 atom stereocenters. The van der Waals surface area contributed by atoms with Gasteiger partial charge in [0.25, 0.3) is 0 Å². The summed E-state index contributed by atoms with van der Waals surface area (Å²) in [6, 6.07) is 2.27. The maximum Gasteiger partial charge on any atom is 0.140 e. The Morgan fingerprint density at radius 2 is 1.68 bits per heavy atom. The average Bonchev–Trinajstić information content (AvgIpc) is 2.64. The summed E-state index contributed by atoms with van der Waals surface area (Å²) >= 11 is 0. The van der Waals surface area contributed by atoms with Gasteiger partial charge in [0.1, 0.15) is 11.9 Å². The van der Waals surface area contributed by atoms with Crippen LogP contribution in [0.4, 0.5) is 5.82 Å². The lowest BCUT2D eigenvalue weighted by Gasteiger charge is -2.54. The maximum absolute atomic E-state index is 9.37. The molecule has 19 heavy (non-hydrogen) atoms. The van der Waals surface area contributed by atoms with Crippen LogP contribution in [0.15, 0.2) is 6.20 Å². The molecule has 0 saturated heterocycles. The van der Waals surface area contributed by atoms with E-state index in [4.69, 9.17) is 11.6 Å². The van der Waals surface area contributed by atoms with E-state index < -0.39 is 0 Å². The van der Waals surface area contributed by atoms with Crippen LogP contribution in [0.25, 0.3) is 0 Å². The van der Waals surface area contributed by atoms with E-state index >= 15 is 0 Å². The second-order valence-electron chi connectivity index (χ2n) is 6.82. The van der Waals surface area contributed by atoms with Crippen molar-refractivity contribution in [3.05, 3.63) is 17.3 Å². The number of rotatable bonds is 1. The number of aromatic nitrogens is 1. The van der Waals surface area contributed by atoms with Crippen molar-refractivity contribution in [1.29, 1.82) is 5.26 Å². The topological polar surface area (TPSA) is 80.8 Å². The quantitative estimate of drug-likeness (QED) is 0.756. The molecular weight excluding hydrogens is 236 g/mol. The Morgan fingerprint density at radius 3 is 2.21 bits per heavy atom. The molecule has 4 N–H and O–H groups in total. The second kappa shape index (κ2) is 3.69. The molecule has 0 amide bonds. The summed E-state index contributed by atoms with van der Waals surface area (Å²) in [7, 11) is 0. The lowest BCUT2D eigenvalue weighted by atomic mass is 9.50. The first-order chi connectivity index (χ1) is 9.17. The van der Waals surface area contributed by atoms with Gasteiger partial charge in [0, 0.05) is 6.20 Å². The monoisotopic (exact) mass is 256 g/mol. The van der Waals surface area contributed by atoms with Crippen LogP contribution in [0.1, 0.15) is 49.1 Å². The fraction of sp³-hybridized carbons (Fsp3) is 0.667. The summed E-state index contributed by atoms with van der Waals surface area (Å²) in [6.45, 7) is 0. The summed E-state index contributed by atoms with van der Waals surface area (Å²) in [5.74, 6) is 10.2. The van der Waals surface area contributed by atoms with Gasteiger partial charge in [-0.05, 0) is 67.3 Å². The second-order valence-corrected chi connectivity index (χ2v) is 6.82. The SMILES string of the molecule is N#Cc1c(C2C3CC4CC(C3)CC2C4)cn(N)c1N. The van der Waals surface area contributed by atoms with Gasteiger partial charge in [-0.1, -0.05) is 0 Å². The summed E-state index contributed by atoms with van der Waals surface area (Å²) in [5.41, 5.74) is 7.67. The molecule has 4 nitrogen and oxygen atoms in total. The summed E-state index contributed by atoms with van der Waals surface area (Å²) < 4.78 is 1.43. The number of hydrogen-bond acceptors (Lipinski definition) is 3. The minimum atomic E-state index is 0.423. The van der Waals surface area contributed by atoms with Crippen molar-refractivity contribution in [3.8, 4) is 6.07 Å². The van der Waals surface area contributed by atoms with Crippen LogP contribution in [0.2, 0.25) is 0 Å². The summed E-state index contributed by atoms with van der Waals surface area (Å²) in [5, 5.41) is 9.37. The molecule has 1 heterocycles. The van der Waals surface area contributed by atoms with Gasteiger partial charge in [0.2, 0.25) is 0 Å². The fourth-order valence-corrected chi connectivity index (χ4v) is 5.37. The minimum Gasteiger partial charge on any atom is -0.383 e. The van der Waals surface area contributed by atoms with E-state index in [9.17, 15) is 5.26 Å². The molecule has 100 valence electrons. The van der Waals surface area contributed by atoms with Crippen molar-refractivity contribution < 1.29 is 0 Å². The Labute approximate surface area is 113 Å². The molecule has 0 radical (unpaired) electrons. The fourth-order valence-electron chi connectivity index (χ4n) is 5.37. The Bertz CT molecular complexity index is 537. The molecule has 0 aromatic carbocycles. The van der Waals surface area contributed by atoms with E-state index in [1.807, 2.05) is 6.20 Å². The molecule has 4 heteroatoms. The first-order valence-corrected chi connectivity index (χ1v) is 7.33. The molecule has 4 aliphatic carbocycles. The van der Waals surface area contributed by atoms with Gasteiger partial charge in [-0.2, -0.15) is 5.26 Å². The molecule has 1 aromatic rings. The molecule has 4 aliphatic rings. The van der Waals surface area contributed by atoms with E-state index in [0.717, 1.165) is 29.2 Å². The largest absolute Gasteiger partial charge is 0.383 e. The van der Waals surface area contributed by atoms with Gasteiger partial charge in [-0.3, -0.25) is 4.68 Å². The Balaban J connectivity index is 1.77. The van der Waals surface area contributed by atoms with Crippen LogP contribution in [-0.2, 0) is 0 Å². The van der Waals surface area contributed by atoms with Crippen LogP contribution < -0.4 is 11.6 Å². The van der Waals surface area contributed by atoms with Crippen LogP contribution >= 0.6 is 0 Å². The van der Waals surface area contributed by atoms with Gasteiger partial charge < -0.3 is 11.6 Å². The summed E-state index contributed by atoms with van der Waals surface area (Å²) in [6.07, 6.45) is 8.73. The lowest BCUT2D eigenvalue weighted by molar-refractivity contribution is -0.00284. The maximum atomic E-state index is 9.37. The van der Waals surface area contributed by atoms with Crippen LogP contribution in [0.5, 0.6) is 0 Å². The Hall–Kier alpha value is -1.63. The first-order valence-electron chi connectivity index (χ1n) is 7.33.